The Morgan fingerprint density at radius 1 is 1.14 bits per heavy atom. The number of aromatic nitrogens is 6. The van der Waals surface area contributed by atoms with Crippen molar-refractivity contribution in [3.05, 3.63) is 40.7 Å². The highest BCUT2D eigenvalue weighted by atomic mass is 35.5. The topological polar surface area (TPSA) is 112 Å². The number of anilines is 2. The minimum Gasteiger partial charge on any atom is -0.321 e. The molecule has 0 unspecified atom stereocenters. The Bertz CT molecular complexity index is 1010. The van der Waals surface area contributed by atoms with Gasteiger partial charge in [-0.25, -0.2) is 0 Å². The second-order valence-corrected chi connectivity index (χ2v) is 6.66. The molecular weight excluding hydrogens is 384 g/mol. The van der Waals surface area contributed by atoms with Crippen LogP contribution in [-0.2, 0) is 24.9 Å². The van der Waals surface area contributed by atoms with Gasteiger partial charge in [0, 0.05) is 19.8 Å². The Balaban J connectivity index is 1.78. The van der Waals surface area contributed by atoms with E-state index < -0.39 is 0 Å². The lowest BCUT2D eigenvalue weighted by molar-refractivity contribution is -0.116. The highest BCUT2D eigenvalue weighted by Gasteiger charge is 2.21. The molecule has 3 rings (SSSR count). The van der Waals surface area contributed by atoms with Crippen molar-refractivity contribution in [3.8, 4) is 0 Å². The van der Waals surface area contributed by atoms with Gasteiger partial charge in [-0.1, -0.05) is 11.6 Å². The lowest BCUT2D eigenvalue weighted by Gasteiger charge is -2.10. The third-order valence-electron chi connectivity index (χ3n) is 4.30. The van der Waals surface area contributed by atoms with Crippen molar-refractivity contribution >= 4 is 34.8 Å². The fourth-order valence-corrected chi connectivity index (χ4v) is 2.82. The molecule has 0 bridgehead atoms. The molecule has 148 valence electrons. The van der Waals surface area contributed by atoms with Gasteiger partial charge in [-0.15, -0.1) is 0 Å². The molecule has 0 aromatic carbocycles. The first-order valence-electron chi connectivity index (χ1n) is 8.65. The van der Waals surface area contributed by atoms with Crippen LogP contribution in [0.3, 0.4) is 0 Å². The Kier molecular flexibility index (Phi) is 5.50. The summed E-state index contributed by atoms with van der Waals surface area (Å²) in [5, 5.41) is 18.5. The third kappa shape index (κ3) is 3.91. The van der Waals surface area contributed by atoms with E-state index in [2.05, 4.69) is 25.9 Å². The first-order valence-corrected chi connectivity index (χ1v) is 9.03. The summed E-state index contributed by atoms with van der Waals surface area (Å²) in [4.78, 5) is 25.2. The fraction of sp³-hybridized carbons (Fsp3) is 0.353. The van der Waals surface area contributed by atoms with Crippen molar-refractivity contribution in [2.24, 2.45) is 7.05 Å². The van der Waals surface area contributed by atoms with E-state index in [1.165, 1.54) is 15.6 Å². The quantitative estimate of drug-likeness (QED) is 0.652. The molecule has 2 amide bonds. The maximum atomic E-state index is 12.8. The summed E-state index contributed by atoms with van der Waals surface area (Å²) in [6, 6.07) is 0. The van der Waals surface area contributed by atoms with Gasteiger partial charge >= 0.3 is 0 Å². The van der Waals surface area contributed by atoms with E-state index in [1.54, 1.807) is 31.0 Å². The number of amides is 2. The number of nitrogens with one attached hydrogen (secondary N) is 2. The molecule has 0 atom stereocenters. The molecule has 3 aromatic rings. The molecule has 0 saturated carbocycles. The summed E-state index contributed by atoms with van der Waals surface area (Å²) in [6.45, 7) is 5.90. The van der Waals surface area contributed by atoms with E-state index in [-0.39, 0.29) is 24.1 Å². The normalized spacial score (nSPS) is 10.9. The zero-order chi connectivity index (χ0) is 20.4. The van der Waals surface area contributed by atoms with Crippen LogP contribution in [0.15, 0.2) is 18.6 Å². The Morgan fingerprint density at radius 3 is 2.43 bits per heavy atom. The average Bonchev–Trinajstić information content (AvgIpc) is 3.28. The smallest absolute Gasteiger partial charge is 0.276 e. The summed E-state index contributed by atoms with van der Waals surface area (Å²) in [5.74, 6) is -0.731. The number of halogens is 1. The summed E-state index contributed by atoms with van der Waals surface area (Å²) < 4.78 is 4.62. The van der Waals surface area contributed by atoms with Gasteiger partial charge in [0.15, 0.2) is 0 Å². The van der Waals surface area contributed by atoms with Gasteiger partial charge in [-0.3, -0.25) is 23.6 Å². The molecule has 0 saturated heterocycles. The minimum absolute atomic E-state index is 0.0341. The third-order valence-corrected chi connectivity index (χ3v) is 4.67. The molecule has 10 nitrogen and oxygen atoms in total. The molecule has 0 aliphatic heterocycles. The maximum absolute atomic E-state index is 12.8. The van der Waals surface area contributed by atoms with Gasteiger partial charge < -0.3 is 10.6 Å². The van der Waals surface area contributed by atoms with Crippen LogP contribution in [0.2, 0.25) is 5.02 Å². The zero-order valence-electron chi connectivity index (χ0n) is 16.0. The number of rotatable bonds is 6. The van der Waals surface area contributed by atoms with Gasteiger partial charge in [0.05, 0.1) is 40.2 Å². The molecule has 0 radical (unpaired) electrons. The summed E-state index contributed by atoms with van der Waals surface area (Å²) in [7, 11) is 1.79. The molecule has 3 aromatic heterocycles. The lowest BCUT2D eigenvalue weighted by atomic mass is 10.3. The standard InChI is InChI=1S/C17H21ClN8O2/c1-5-26-16(17(28)22-13-6-19-24(4)11(13)3)14(7-20-26)21-15(27)9-25-8-12(18)10(2)23-25/h6-8H,5,9H2,1-4H3,(H,21,27)(H,22,28). The number of aryl methyl sites for hydroxylation is 3. The van der Waals surface area contributed by atoms with Gasteiger partial charge in [-0.2, -0.15) is 15.3 Å². The molecule has 28 heavy (non-hydrogen) atoms. The first kappa shape index (κ1) is 19.6. The summed E-state index contributed by atoms with van der Waals surface area (Å²) >= 11 is 5.97. The fourth-order valence-electron chi connectivity index (χ4n) is 2.67. The SMILES string of the molecule is CCn1ncc(NC(=O)Cn2cc(Cl)c(C)n2)c1C(=O)Nc1cnn(C)c1C. The van der Waals surface area contributed by atoms with E-state index in [9.17, 15) is 9.59 Å². The molecule has 0 aliphatic carbocycles. The second-order valence-electron chi connectivity index (χ2n) is 6.25. The maximum Gasteiger partial charge on any atom is 0.276 e. The van der Waals surface area contributed by atoms with Gasteiger partial charge in [0.25, 0.3) is 5.91 Å². The van der Waals surface area contributed by atoms with Crippen molar-refractivity contribution in [2.75, 3.05) is 10.6 Å². The predicted octanol–water partition coefficient (Wildman–Crippen LogP) is 1.99. The van der Waals surface area contributed by atoms with E-state index in [1.807, 2.05) is 13.8 Å². The number of hydrogen-bond donors (Lipinski definition) is 2. The van der Waals surface area contributed by atoms with Gasteiger partial charge in [-0.05, 0) is 20.8 Å². The Hall–Kier alpha value is -3.14. The van der Waals surface area contributed by atoms with Crippen molar-refractivity contribution in [1.82, 2.24) is 29.3 Å². The van der Waals surface area contributed by atoms with E-state index in [0.717, 1.165) is 5.69 Å². The number of carbonyl (C=O) groups is 2. The summed E-state index contributed by atoms with van der Waals surface area (Å²) in [5.41, 5.74) is 2.62. The van der Waals surface area contributed by atoms with Crippen LogP contribution in [0.1, 0.15) is 28.8 Å². The molecule has 3 heterocycles. The summed E-state index contributed by atoms with van der Waals surface area (Å²) in [6.07, 6.45) is 4.60. The largest absolute Gasteiger partial charge is 0.321 e. The van der Waals surface area contributed by atoms with Crippen LogP contribution < -0.4 is 10.6 Å². The molecule has 0 spiro atoms. The highest BCUT2D eigenvalue weighted by molar-refractivity contribution is 6.31. The van der Waals surface area contributed by atoms with Crippen LogP contribution in [0.4, 0.5) is 11.4 Å². The lowest BCUT2D eigenvalue weighted by Crippen LogP contribution is -2.23. The van der Waals surface area contributed by atoms with Crippen LogP contribution in [0.25, 0.3) is 0 Å². The highest BCUT2D eigenvalue weighted by Crippen LogP contribution is 2.20. The van der Waals surface area contributed by atoms with Crippen molar-refractivity contribution < 1.29 is 9.59 Å². The monoisotopic (exact) mass is 404 g/mol. The van der Waals surface area contributed by atoms with Crippen LogP contribution in [0, 0.1) is 13.8 Å². The van der Waals surface area contributed by atoms with Crippen molar-refractivity contribution in [2.45, 2.75) is 33.9 Å². The number of nitrogens with zero attached hydrogens (tertiary/aromatic N) is 6. The molecule has 0 fully saturated rings. The Labute approximate surface area is 166 Å². The average molecular weight is 405 g/mol. The van der Waals surface area contributed by atoms with E-state index >= 15 is 0 Å². The first-order chi connectivity index (χ1) is 13.3. The predicted molar refractivity (Wildman–Crippen MR) is 104 cm³/mol. The van der Waals surface area contributed by atoms with Crippen LogP contribution in [-0.4, -0.2) is 41.2 Å². The molecular formula is C17H21ClN8O2. The van der Waals surface area contributed by atoms with Gasteiger partial charge in [0.1, 0.15) is 12.2 Å². The number of carbonyl (C=O) groups excluding carboxylic acids is 2. The van der Waals surface area contributed by atoms with Crippen LogP contribution >= 0.6 is 11.6 Å². The molecule has 11 heteroatoms. The number of hydrogen-bond acceptors (Lipinski definition) is 5. The van der Waals surface area contributed by atoms with Crippen molar-refractivity contribution in [1.29, 1.82) is 0 Å². The second kappa shape index (κ2) is 7.85. The van der Waals surface area contributed by atoms with Crippen molar-refractivity contribution in [3.63, 3.8) is 0 Å². The van der Waals surface area contributed by atoms with E-state index in [4.69, 9.17) is 11.6 Å². The van der Waals surface area contributed by atoms with Gasteiger partial charge in [0.2, 0.25) is 5.91 Å². The van der Waals surface area contributed by atoms with Crippen LogP contribution in [0.5, 0.6) is 0 Å². The van der Waals surface area contributed by atoms with E-state index in [0.29, 0.717) is 28.6 Å². The Morgan fingerprint density at radius 2 is 1.86 bits per heavy atom. The molecule has 2 N–H and O–H groups in total. The molecule has 0 aliphatic rings. The minimum atomic E-state index is -0.385. The zero-order valence-corrected chi connectivity index (χ0v) is 16.8.